The number of nitrogens with zero attached hydrogens (tertiary/aromatic N) is 1. The molecule has 0 spiro atoms. The average Bonchev–Trinajstić information content (AvgIpc) is 3.44. The molecular weight excluding hydrogens is 366 g/mol. The number of piperidine rings is 1. The fraction of sp³-hybridized carbons (Fsp3) is 0.391. The van der Waals surface area contributed by atoms with E-state index in [0.29, 0.717) is 12.0 Å². The summed E-state index contributed by atoms with van der Waals surface area (Å²) in [5.74, 6) is 0.714. The summed E-state index contributed by atoms with van der Waals surface area (Å²) in [7, 11) is 0. The van der Waals surface area contributed by atoms with E-state index in [9.17, 15) is 4.79 Å². The zero-order valence-electron chi connectivity index (χ0n) is 15.9. The minimum Gasteiger partial charge on any atom is -0.348 e. The van der Waals surface area contributed by atoms with Gasteiger partial charge in [0.2, 0.25) is 0 Å². The van der Waals surface area contributed by atoms with Gasteiger partial charge in [0.25, 0.3) is 5.91 Å². The Morgan fingerprint density at radius 1 is 1.00 bits per heavy atom. The van der Waals surface area contributed by atoms with Gasteiger partial charge in [0.15, 0.2) is 6.04 Å². The smallest absolute Gasteiger partial charge is 0.283 e. The lowest BCUT2D eigenvalue weighted by Crippen LogP contribution is -3.14. The largest absolute Gasteiger partial charge is 0.348 e. The van der Waals surface area contributed by atoms with Crippen molar-refractivity contribution in [2.45, 2.75) is 43.7 Å². The summed E-state index contributed by atoms with van der Waals surface area (Å²) in [6.45, 7) is 2.02. The maximum Gasteiger partial charge on any atom is 0.283 e. The monoisotopic (exact) mass is 392 g/mol. The zero-order valence-corrected chi connectivity index (χ0v) is 16.8. The van der Waals surface area contributed by atoms with Gasteiger partial charge in [0, 0.05) is 30.4 Å². The molecule has 4 nitrogen and oxygen atoms in total. The van der Waals surface area contributed by atoms with Gasteiger partial charge >= 0.3 is 0 Å². The van der Waals surface area contributed by atoms with Crippen molar-refractivity contribution in [1.29, 1.82) is 0 Å². The number of benzene rings is 2. The molecule has 2 N–H and O–H groups in total. The first-order valence-corrected chi connectivity index (χ1v) is 11.1. The van der Waals surface area contributed by atoms with Gasteiger partial charge in [0.05, 0.1) is 28.3 Å². The predicted octanol–water partition coefficient (Wildman–Crippen LogP) is 3.08. The van der Waals surface area contributed by atoms with Crippen molar-refractivity contribution in [2.75, 3.05) is 13.1 Å². The molecule has 2 aliphatic rings. The van der Waals surface area contributed by atoms with Crippen molar-refractivity contribution in [3.63, 3.8) is 0 Å². The summed E-state index contributed by atoms with van der Waals surface area (Å²) in [6, 6.07) is 19.0. The van der Waals surface area contributed by atoms with Gasteiger partial charge in [0.1, 0.15) is 0 Å². The number of nitrogens with one attached hydrogen (secondary N) is 2. The molecule has 2 fully saturated rings. The lowest BCUT2D eigenvalue weighted by Gasteiger charge is -2.33. The topological polar surface area (TPSA) is 46.4 Å². The highest BCUT2D eigenvalue weighted by molar-refractivity contribution is 7.18. The number of carbonyl (C=O) groups excluding carboxylic acids is 1. The molecule has 144 valence electrons. The van der Waals surface area contributed by atoms with Gasteiger partial charge in [-0.3, -0.25) is 4.79 Å². The molecular formula is C23H26N3OS+. The summed E-state index contributed by atoms with van der Waals surface area (Å²) in [6.07, 6.45) is 4.44. The minimum absolute atomic E-state index is 0.0990. The van der Waals surface area contributed by atoms with Crippen LogP contribution in [-0.2, 0) is 4.79 Å². The molecule has 5 rings (SSSR count). The maximum atomic E-state index is 13.0. The van der Waals surface area contributed by atoms with Crippen LogP contribution in [0.2, 0.25) is 0 Å². The summed E-state index contributed by atoms with van der Waals surface area (Å²) in [4.78, 5) is 19.3. The van der Waals surface area contributed by atoms with Crippen LogP contribution in [0.25, 0.3) is 10.2 Å². The van der Waals surface area contributed by atoms with Crippen LogP contribution in [0.4, 0.5) is 0 Å². The van der Waals surface area contributed by atoms with Crippen LogP contribution in [0.1, 0.15) is 48.2 Å². The Morgan fingerprint density at radius 2 is 1.71 bits per heavy atom. The first-order valence-electron chi connectivity index (χ1n) is 10.3. The zero-order chi connectivity index (χ0) is 18.9. The van der Waals surface area contributed by atoms with Gasteiger partial charge in [-0.1, -0.05) is 42.5 Å². The van der Waals surface area contributed by atoms with Gasteiger partial charge in [-0.05, 0) is 25.0 Å². The predicted molar refractivity (Wildman–Crippen MR) is 113 cm³/mol. The molecule has 0 unspecified atom stereocenters. The van der Waals surface area contributed by atoms with E-state index in [-0.39, 0.29) is 11.9 Å². The quantitative estimate of drug-likeness (QED) is 0.701. The Hall–Kier alpha value is -2.24. The Bertz CT molecular complexity index is 925. The van der Waals surface area contributed by atoms with E-state index in [2.05, 4.69) is 41.7 Å². The summed E-state index contributed by atoms with van der Waals surface area (Å²) in [5.41, 5.74) is 2.25. The number of amides is 1. The van der Waals surface area contributed by atoms with Crippen LogP contribution >= 0.6 is 11.3 Å². The number of quaternary nitrogens is 1. The van der Waals surface area contributed by atoms with Crippen LogP contribution in [0, 0.1) is 0 Å². The third kappa shape index (κ3) is 3.69. The third-order valence-electron chi connectivity index (χ3n) is 6.01. The van der Waals surface area contributed by atoms with E-state index < -0.39 is 0 Å². The fourth-order valence-electron chi connectivity index (χ4n) is 4.32. The summed E-state index contributed by atoms with van der Waals surface area (Å²) < 4.78 is 1.28. The van der Waals surface area contributed by atoms with Gasteiger partial charge < -0.3 is 10.2 Å². The van der Waals surface area contributed by atoms with Crippen molar-refractivity contribution in [1.82, 2.24) is 10.3 Å². The number of rotatable bonds is 5. The molecule has 2 heterocycles. The highest BCUT2D eigenvalue weighted by Crippen LogP contribution is 2.32. The van der Waals surface area contributed by atoms with Crippen molar-refractivity contribution in [2.24, 2.45) is 0 Å². The second-order valence-electron chi connectivity index (χ2n) is 8.08. The molecule has 0 radical (unpaired) electrons. The van der Waals surface area contributed by atoms with Crippen LogP contribution in [-0.4, -0.2) is 30.0 Å². The SMILES string of the molecule is O=C(NC1CC1)[C@@H](c1ccccc1)[NH+]1CCC(c2nc3ccccc3s2)CC1. The second kappa shape index (κ2) is 7.64. The summed E-state index contributed by atoms with van der Waals surface area (Å²) in [5, 5.41) is 4.50. The van der Waals surface area contributed by atoms with E-state index >= 15 is 0 Å². The first kappa shape index (κ1) is 17.8. The van der Waals surface area contributed by atoms with E-state index in [0.717, 1.165) is 49.9 Å². The molecule has 1 aliphatic heterocycles. The molecule has 1 saturated heterocycles. The highest BCUT2D eigenvalue weighted by atomic mass is 32.1. The molecule has 2 aromatic carbocycles. The number of para-hydroxylation sites is 1. The number of carbonyl (C=O) groups is 1. The van der Waals surface area contributed by atoms with Crippen molar-refractivity contribution in [3.05, 3.63) is 65.2 Å². The minimum atomic E-state index is -0.0990. The van der Waals surface area contributed by atoms with E-state index in [1.54, 1.807) is 0 Å². The molecule has 5 heteroatoms. The molecule has 1 amide bonds. The number of likely N-dealkylation sites (tertiary alicyclic amines) is 1. The molecule has 1 saturated carbocycles. The van der Waals surface area contributed by atoms with Crippen molar-refractivity contribution < 1.29 is 9.69 Å². The standard InChI is InChI=1S/C23H25N3OS/c27-22(24-18-10-11-18)21(16-6-2-1-3-7-16)26-14-12-17(13-15-26)23-25-19-8-4-5-9-20(19)28-23/h1-9,17-18,21H,10-15H2,(H,24,27)/p+1/t21-/m1/s1. The fourth-order valence-corrected chi connectivity index (χ4v) is 5.46. The van der Waals surface area contributed by atoms with Crippen molar-refractivity contribution in [3.8, 4) is 0 Å². The number of hydrogen-bond donors (Lipinski definition) is 2. The van der Waals surface area contributed by atoms with Crippen LogP contribution in [0.5, 0.6) is 0 Å². The number of hydrogen-bond acceptors (Lipinski definition) is 3. The van der Waals surface area contributed by atoms with E-state index in [1.165, 1.54) is 14.6 Å². The van der Waals surface area contributed by atoms with E-state index in [1.807, 2.05) is 29.5 Å². The first-order chi connectivity index (χ1) is 13.8. The molecule has 28 heavy (non-hydrogen) atoms. The highest BCUT2D eigenvalue weighted by Gasteiger charge is 2.37. The third-order valence-corrected chi connectivity index (χ3v) is 7.21. The van der Waals surface area contributed by atoms with Gasteiger partial charge in [-0.25, -0.2) is 4.98 Å². The maximum absolute atomic E-state index is 13.0. The second-order valence-corrected chi connectivity index (χ2v) is 9.14. The Balaban J connectivity index is 1.32. The van der Waals surface area contributed by atoms with Crippen LogP contribution in [0.15, 0.2) is 54.6 Å². The number of fused-ring (bicyclic) bond motifs is 1. The normalized spacial score (nSPS) is 23.4. The Kier molecular flexibility index (Phi) is 4.87. The number of aromatic nitrogens is 1. The molecule has 1 aliphatic carbocycles. The summed E-state index contributed by atoms with van der Waals surface area (Å²) >= 11 is 1.83. The van der Waals surface area contributed by atoms with Gasteiger partial charge in [-0.2, -0.15) is 0 Å². The molecule has 3 aromatic rings. The molecule has 1 aromatic heterocycles. The van der Waals surface area contributed by atoms with Crippen LogP contribution < -0.4 is 10.2 Å². The molecule has 1 atom stereocenters. The number of thiazole rings is 1. The lowest BCUT2D eigenvalue weighted by atomic mass is 9.94. The van der Waals surface area contributed by atoms with Crippen molar-refractivity contribution >= 4 is 27.5 Å². The Labute approximate surface area is 169 Å². The van der Waals surface area contributed by atoms with Gasteiger partial charge in [-0.15, -0.1) is 11.3 Å². The average molecular weight is 393 g/mol. The molecule has 0 bridgehead atoms. The Morgan fingerprint density at radius 3 is 2.43 bits per heavy atom. The lowest BCUT2D eigenvalue weighted by molar-refractivity contribution is -0.927. The van der Waals surface area contributed by atoms with E-state index in [4.69, 9.17) is 4.98 Å². The van der Waals surface area contributed by atoms with Crippen LogP contribution in [0.3, 0.4) is 0 Å².